The number of amides is 1. The lowest BCUT2D eigenvalue weighted by Crippen LogP contribution is -2.15. The Bertz CT molecular complexity index is 1450. The largest absolute Gasteiger partial charge is 0.310 e. The Morgan fingerprint density at radius 2 is 1.82 bits per heavy atom. The van der Waals surface area contributed by atoms with Gasteiger partial charge in [-0.05, 0) is 54.3 Å². The molecular formula is C23H18FN5O3S. The summed E-state index contributed by atoms with van der Waals surface area (Å²) in [6.45, 7) is 0. The maximum atomic E-state index is 13.9. The summed E-state index contributed by atoms with van der Waals surface area (Å²) in [5, 5.41) is 3.28. The van der Waals surface area contributed by atoms with Crippen LogP contribution in [0.15, 0.2) is 78.2 Å². The number of carbonyl (C=O) groups excluding carboxylic acids is 1. The Morgan fingerprint density at radius 1 is 1.00 bits per heavy atom. The summed E-state index contributed by atoms with van der Waals surface area (Å²) < 4.78 is 41.5. The van der Waals surface area contributed by atoms with Gasteiger partial charge in [-0.3, -0.25) is 19.5 Å². The molecule has 3 aromatic heterocycles. The topological polar surface area (TPSA) is 114 Å². The van der Waals surface area contributed by atoms with Crippen molar-refractivity contribution in [2.24, 2.45) is 5.92 Å². The van der Waals surface area contributed by atoms with Gasteiger partial charge in [0.15, 0.2) is 5.82 Å². The molecule has 0 aliphatic heterocycles. The lowest BCUT2D eigenvalue weighted by atomic mass is 10.1. The first-order valence-corrected chi connectivity index (χ1v) is 11.6. The van der Waals surface area contributed by atoms with Gasteiger partial charge in [0.05, 0.1) is 23.0 Å². The highest BCUT2D eigenvalue weighted by atomic mass is 32.2. The predicted octanol–water partition coefficient (Wildman–Crippen LogP) is 3.71. The van der Waals surface area contributed by atoms with Gasteiger partial charge >= 0.3 is 0 Å². The number of benzene rings is 1. The van der Waals surface area contributed by atoms with Crippen molar-refractivity contribution in [1.29, 1.82) is 0 Å². The number of carbonyl (C=O) groups is 1. The lowest BCUT2D eigenvalue weighted by Gasteiger charge is -2.09. The highest BCUT2D eigenvalue weighted by Crippen LogP contribution is 2.48. The van der Waals surface area contributed by atoms with Crippen molar-refractivity contribution >= 4 is 38.3 Å². The minimum absolute atomic E-state index is 0.0190. The third-order valence-corrected chi connectivity index (χ3v) is 6.86. The summed E-state index contributed by atoms with van der Waals surface area (Å²) in [5.41, 5.74) is 1.39. The van der Waals surface area contributed by atoms with E-state index in [1.54, 1.807) is 42.6 Å². The maximum absolute atomic E-state index is 13.9. The molecule has 1 aliphatic carbocycles. The summed E-state index contributed by atoms with van der Waals surface area (Å²) in [5.74, 6) is -0.779. The van der Waals surface area contributed by atoms with E-state index in [4.69, 9.17) is 0 Å². The quantitative estimate of drug-likeness (QED) is 0.451. The maximum Gasteiger partial charge on any atom is 0.261 e. The number of anilines is 2. The smallest absolute Gasteiger partial charge is 0.261 e. The van der Waals surface area contributed by atoms with E-state index in [1.807, 2.05) is 0 Å². The highest BCUT2D eigenvalue weighted by molar-refractivity contribution is 7.92. The average Bonchev–Trinajstić information content (AvgIpc) is 3.61. The second-order valence-electron chi connectivity index (χ2n) is 7.74. The first-order valence-electron chi connectivity index (χ1n) is 10.1. The van der Waals surface area contributed by atoms with Crippen LogP contribution in [0.4, 0.5) is 15.9 Å². The predicted molar refractivity (Wildman–Crippen MR) is 120 cm³/mol. The second kappa shape index (κ2) is 8.21. The van der Waals surface area contributed by atoms with Crippen molar-refractivity contribution in [2.75, 3.05) is 10.0 Å². The Kier molecular flexibility index (Phi) is 5.21. The van der Waals surface area contributed by atoms with Gasteiger partial charge in [-0.1, -0.05) is 12.1 Å². The summed E-state index contributed by atoms with van der Waals surface area (Å²) in [4.78, 5) is 24.6. The molecule has 1 saturated carbocycles. The van der Waals surface area contributed by atoms with E-state index in [1.165, 1.54) is 24.5 Å². The van der Waals surface area contributed by atoms with Gasteiger partial charge in [0.2, 0.25) is 5.91 Å². The van der Waals surface area contributed by atoms with Crippen molar-refractivity contribution in [3.63, 3.8) is 0 Å². The normalized spacial score (nSPS) is 17.5. The van der Waals surface area contributed by atoms with Crippen LogP contribution >= 0.6 is 0 Å². The SMILES string of the molecule is O=C(Nc1ccc2cncc(F)c2n1)C1CC1c1ccc(S(=O)(=O)Nc2cccnc2)cc1. The zero-order chi connectivity index (χ0) is 23.0. The van der Waals surface area contributed by atoms with Crippen molar-refractivity contribution in [3.8, 4) is 0 Å². The Balaban J connectivity index is 1.25. The zero-order valence-electron chi connectivity index (χ0n) is 17.1. The molecule has 166 valence electrons. The van der Waals surface area contributed by atoms with Crippen molar-refractivity contribution < 1.29 is 17.6 Å². The van der Waals surface area contributed by atoms with Crippen molar-refractivity contribution in [1.82, 2.24) is 15.0 Å². The molecule has 2 N–H and O–H groups in total. The van der Waals surface area contributed by atoms with Gasteiger partial charge in [0.25, 0.3) is 10.0 Å². The molecule has 10 heteroatoms. The van der Waals surface area contributed by atoms with Gasteiger partial charge in [-0.25, -0.2) is 17.8 Å². The summed E-state index contributed by atoms with van der Waals surface area (Å²) in [6, 6.07) is 13.0. The van der Waals surface area contributed by atoms with E-state index in [9.17, 15) is 17.6 Å². The molecule has 5 rings (SSSR count). The minimum atomic E-state index is -3.74. The third kappa shape index (κ3) is 4.37. The number of pyridine rings is 3. The minimum Gasteiger partial charge on any atom is -0.310 e. The van der Waals surface area contributed by atoms with Crippen LogP contribution in [0, 0.1) is 11.7 Å². The van der Waals surface area contributed by atoms with E-state index in [0.717, 1.165) is 11.8 Å². The molecule has 0 spiro atoms. The molecule has 0 saturated heterocycles. The number of halogens is 1. The number of hydrogen-bond acceptors (Lipinski definition) is 6. The molecule has 2 atom stereocenters. The van der Waals surface area contributed by atoms with Crippen molar-refractivity contribution in [2.45, 2.75) is 17.2 Å². The molecule has 4 aromatic rings. The molecule has 33 heavy (non-hydrogen) atoms. The number of rotatable bonds is 6. The summed E-state index contributed by atoms with van der Waals surface area (Å²) >= 11 is 0. The van der Waals surface area contributed by atoms with Crippen LogP contribution < -0.4 is 10.0 Å². The fourth-order valence-corrected chi connectivity index (χ4v) is 4.73. The van der Waals surface area contributed by atoms with E-state index < -0.39 is 15.8 Å². The molecule has 1 amide bonds. The Morgan fingerprint density at radius 3 is 2.58 bits per heavy atom. The monoisotopic (exact) mass is 463 g/mol. The third-order valence-electron chi connectivity index (χ3n) is 5.46. The Hall–Kier alpha value is -3.92. The lowest BCUT2D eigenvalue weighted by molar-refractivity contribution is -0.117. The van der Waals surface area contributed by atoms with Crippen LogP contribution in [0.25, 0.3) is 10.9 Å². The molecule has 2 unspecified atom stereocenters. The van der Waals surface area contributed by atoms with Gasteiger partial charge < -0.3 is 5.32 Å². The van der Waals surface area contributed by atoms with Crippen LogP contribution in [-0.4, -0.2) is 29.3 Å². The fourth-order valence-electron chi connectivity index (χ4n) is 3.68. The van der Waals surface area contributed by atoms with E-state index >= 15 is 0 Å². The molecule has 0 bridgehead atoms. The number of hydrogen-bond donors (Lipinski definition) is 2. The summed E-state index contributed by atoms with van der Waals surface area (Å²) in [6.07, 6.45) is 6.20. The van der Waals surface area contributed by atoms with Gasteiger partial charge in [0.1, 0.15) is 11.3 Å². The van der Waals surface area contributed by atoms with Crippen LogP contribution in [-0.2, 0) is 14.8 Å². The molecule has 8 nitrogen and oxygen atoms in total. The first-order chi connectivity index (χ1) is 15.9. The Labute approximate surface area is 189 Å². The molecule has 1 aliphatic rings. The second-order valence-corrected chi connectivity index (χ2v) is 9.43. The number of nitrogens with zero attached hydrogens (tertiary/aromatic N) is 3. The van der Waals surface area contributed by atoms with E-state index in [0.29, 0.717) is 17.5 Å². The van der Waals surface area contributed by atoms with Crippen LogP contribution in [0.1, 0.15) is 17.9 Å². The van der Waals surface area contributed by atoms with Gasteiger partial charge in [-0.2, -0.15) is 0 Å². The van der Waals surface area contributed by atoms with Gasteiger partial charge in [0, 0.05) is 23.7 Å². The molecule has 1 aromatic carbocycles. The van der Waals surface area contributed by atoms with E-state index in [2.05, 4.69) is 25.0 Å². The molecular weight excluding hydrogens is 445 g/mol. The number of nitrogens with one attached hydrogen (secondary N) is 2. The fraction of sp³-hybridized carbons (Fsp3) is 0.130. The zero-order valence-corrected chi connectivity index (χ0v) is 18.0. The standard InChI is InChI=1S/C23H18FN5O3S/c24-20-13-26-11-15-5-8-21(27-22(15)20)28-23(30)19-10-18(19)14-3-6-17(7-4-14)33(31,32)29-16-2-1-9-25-12-16/h1-9,11-13,18-19,29H,10H2,(H,27,28,30). The molecule has 1 fully saturated rings. The van der Waals surface area contributed by atoms with Crippen molar-refractivity contribution in [3.05, 3.63) is 84.7 Å². The molecule has 3 heterocycles. The molecule has 0 radical (unpaired) electrons. The van der Waals surface area contributed by atoms with Crippen LogP contribution in [0.2, 0.25) is 0 Å². The van der Waals surface area contributed by atoms with E-state index in [-0.39, 0.29) is 34.0 Å². The number of sulfonamides is 1. The first kappa shape index (κ1) is 21.0. The van der Waals surface area contributed by atoms with Crippen LogP contribution in [0.3, 0.4) is 0 Å². The summed E-state index contributed by atoms with van der Waals surface area (Å²) in [7, 11) is -3.74. The van der Waals surface area contributed by atoms with Gasteiger partial charge in [-0.15, -0.1) is 0 Å². The highest BCUT2D eigenvalue weighted by Gasteiger charge is 2.44. The number of aromatic nitrogens is 3. The average molecular weight is 463 g/mol. The number of fused-ring (bicyclic) bond motifs is 1. The van der Waals surface area contributed by atoms with Crippen LogP contribution in [0.5, 0.6) is 0 Å².